The Balaban J connectivity index is 2.38. The summed E-state index contributed by atoms with van der Waals surface area (Å²) in [5.41, 5.74) is 1.07. The predicted molar refractivity (Wildman–Crippen MR) is 91.5 cm³/mol. The molecule has 2 amide bonds. The molecule has 0 aliphatic carbocycles. The van der Waals surface area contributed by atoms with E-state index in [1.54, 1.807) is 18.9 Å². The Kier molecular flexibility index (Phi) is 8.16. The fourth-order valence-electron chi connectivity index (χ4n) is 2.47. The lowest BCUT2D eigenvalue weighted by Crippen LogP contribution is -2.39. The monoisotopic (exact) mass is 320 g/mol. The van der Waals surface area contributed by atoms with E-state index in [4.69, 9.17) is 4.74 Å². The summed E-state index contributed by atoms with van der Waals surface area (Å²) in [4.78, 5) is 25.3. The number of nitrogens with zero attached hydrogens (tertiary/aromatic N) is 1. The topological polar surface area (TPSA) is 58.6 Å². The van der Waals surface area contributed by atoms with Crippen molar-refractivity contribution in [2.45, 2.75) is 46.1 Å². The molecule has 0 aromatic heterocycles. The molecule has 23 heavy (non-hydrogen) atoms. The van der Waals surface area contributed by atoms with E-state index in [2.05, 4.69) is 5.32 Å². The second-order valence-electron chi connectivity index (χ2n) is 5.63. The first-order valence-corrected chi connectivity index (χ1v) is 8.15. The van der Waals surface area contributed by atoms with E-state index >= 15 is 0 Å². The van der Waals surface area contributed by atoms with E-state index in [0.717, 1.165) is 24.2 Å². The zero-order chi connectivity index (χ0) is 17.2. The Bertz CT molecular complexity index is 517. The van der Waals surface area contributed by atoms with Crippen LogP contribution in [-0.4, -0.2) is 43.0 Å². The molecular weight excluding hydrogens is 292 g/mol. The van der Waals surface area contributed by atoms with Crippen LogP contribution in [0.2, 0.25) is 0 Å². The Labute approximate surface area is 139 Å². The largest absolute Gasteiger partial charge is 0.496 e. The minimum Gasteiger partial charge on any atom is -0.496 e. The quantitative estimate of drug-likeness (QED) is 0.760. The highest BCUT2D eigenvalue weighted by Crippen LogP contribution is 2.17. The third kappa shape index (κ3) is 6.30. The van der Waals surface area contributed by atoms with Crippen molar-refractivity contribution in [3.63, 3.8) is 0 Å². The zero-order valence-corrected chi connectivity index (χ0v) is 14.6. The molecule has 1 unspecified atom stereocenters. The summed E-state index contributed by atoms with van der Waals surface area (Å²) in [7, 11) is 1.64. The first kappa shape index (κ1) is 19.0. The van der Waals surface area contributed by atoms with Crippen LogP contribution < -0.4 is 10.1 Å². The summed E-state index contributed by atoms with van der Waals surface area (Å²) in [6, 6.07) is 7.94. The van der Waals surface area contributed by atoms with Crippen molar-refractivity contribution < 1.29 is 14.3 Å². The van der Waals surface area contributed by atoms with Gasteiger partial charge in [0.25, 0.3) is 0 Å². The number of hydrogen-bond donors (Lipinski definition) is 1. The average Bonchev–Trinajstić information content (AvgIpc) is 2.54. The summed E-state index contributed by atoms with van der Waals surface area (Å²) in [6.07, 6.45) is 1.93. The Hall–Kier alpha value is -2.04. The lowest BCUT2D eigenvalue weighted by Gasteiger charge is -2.27. The van der Waals surface area contributed by atoms with Crippen LogP contribution in [0.1, 0.15) is 39.2 Å². The molecule has 5 heteroatoms. The molecule has 5 nitrogen and oxygen atoms in total. The van der Waals surface area contributed by atoms with Gasteiger partial charge in [0, 0.05) is 32.5 Å². The zero-order valence-electron chi connectivity index (χ0n) is 14.6. The Morgan fingerprint density at radius 3 is 2.61 bits per heavy atom. The SMILES string of the molecule is CCC(C)N(CCC(=O)NCCc1ccccc1OC)C(C)=O. The van der Waals surface area contributed by atoms with Crippen molar-refractivity contribution in [1.29, 1.82) is 0 Å². The highest BCUT2D eigenvalue weighted by atomic mass is 16.5. The molecule has 0 fully saturated rings. The van der Waals surface area contributed by atoms with Gasteiger partial charge in [0.2, 0.25) is 11.8 Å². The number of benzene rings is 1. The van der Waals surface area contributed by atoms with Crippen molar-refractivity contribution in [3.05, 3.63) is 29.8 Å². The summed E-state index contributed by atoms with van der Waals surface area (Å²) >= 11 is 0. The Morgan fingerprint density at radius 2 is 2.00 bits per heavy atom. The van der Waals surface area contributed by atoms with Crippen molar-refractivity contribution in [2.75, 3.05) is 20.2 Å². The van der Waals surface area contributed by atoms with Gasteiger partial charge in [-0.15, -0.1) is 0 Å². The first-order chi connectivity index (χ1) is 11.0. The van der Waals surface area contributed by atoms with Crippen LogP contribution in [0.15, 0.2) is 24.3 Å². The maximum Gasteiger partial charge on any atom is 0.221 e. The summed E-state index contributed by atoms with van der Waals surface area (Å²) < 4.78 is 5.29. The van der Waals surface area contributed by atoms with Gasteiger partial charge >= 0.3 is 0 Å². The van der Waals surface area contributed by atoms with Gasteiger partial charge in [0.1, 0.15) is 5.75 Å². The van der Waals surface area contributed by atoms with E-state index in [1.807, 2.05) is 38.1 Å². The molecule has 1 aromatic carbocycles. The molecule has 0 bridgehead atoms. The number of nitrogens with one attached hydrogen (secondary N) is 1. The summed E-state index contributed by atoms with van der Waals surface area (Å²) in [5.74, 6) is 0.817. The molecular formula is C18H28N2O3. The van der Waals surface area contributed by atoms with Crippen molar-refractivity contribution in [1.82, 2.24) is 10.2 Å². The molecule has 0 aliphatic rings. The van der Waals surface area contributed by atoms with Gasteiger partial charge in [-0.05, 0) is 31.4 Å². The second kappa shape index (κ2) is 9.87. The molecule has 1 aromatic rings. The number of hydrogen-bond acceptors (Lipinski definition) is 3. The number of amides is 2. The maximum atomic E-state index is 11.9. The van der Waals surface area contributed by atoms with E-state index in [9.17, 15) is 9.59 Å². The minimum absolute atomic E-state index is 0.0150. The normalized spacial score (nSPS) is 11.7. The van der Waals surface area contributed by atoms with Crippen LogP contribution in [0.25, 0.3) is 0 Å². The highest BCUT2D eigenvalue weighted by molar-refractivity contribution is 5.78. The average molecular weight is 320 g/mol. The lowest BCUT2D eigenvalue weighted by molar-refractivity contribution is -0.131. The van der Waals surface area contributed by atoms with Crippen molar-refractivity contribution >= 4 is 11.8 Å². The van der Waals surface area contributed by atoms with E-state index in [-0.39, 0.29) is 17.9 Å². The van der Waals surface area contributed by atoms with Crippen molar-refractivity contribution in [3.8, 4) is 5.75 Å². The van der Waals surface area contributed by atoms with Crippen molar-refractivity contribution in [2.24, 2.45) is 0 Å². The number of rotatable bonds is 9. The van der Waals surface area contributed by atoms with Gasteiger partial charge in [-0.1, -0.05) is 25.1 Å². The molecule has 0 saturated heterocycles. The van der Waals surface area contributed by atoms with Crippen LogP contribution in [0.3, 0.4) is 0 Å². The van der Waals surface area contributed by atoms with Crippen LogP contribution in [0.4, 0.5) is 0 Å². The minimum atomic E-state index is -0.0329. The first-order valence-electron chi connectivity index (χ1n) is 8.15. The van der Waals surface area contributed by atoms with E-state index in [1.165, 1.54) is 0 Å². The number of methoxy groups -OCH3 is 1. The van der Waals surface area contributed by atoms with Gasteiger partial charge in [-0.2, -0.15) is 0 Å². The van der Waals surface area contributed by atoms with Gasteiger partial charge in [-0.3, -0.25) is 9.59 Å². The predicted octanol–water partition coefficient (Wildman–Crippen LogP) is 2.39. The fourth-order valence-corrected chi connectivity index (χ4v) is 2.47. The third-order valence-electron chi connectivity index (χ3n) is 4.02. The number of carbonyl (C=O) groups is 2. The Morgan fingerprint density at radius 1 is 1.30 bits per heavy atom. The van der Waals surface area contributed by atoms with Gasteiger partial charge < -0.3 is 15.0 Å². The molecule has 0 aliphatic heterocycles. The van der Waals surface area contributed by atoms with Gasteiger partial charge in [0.05, 0.1) is 7.11 Å². The molecule has 0 saturated carbocycles. The van der Waals surface area contributed by atoms with Gasteiger partial charge in [0.15, 0.2) is 0 Å². The maximum absolute atomic E-state index is 11.9. The molecule has 0 spiro atoms. The summed E-state index contributed by atoms with van der Waals surface area (Å²) in [6.45, 7) is 6.61. The fraction of sp³-hybridized carbons (Fsp3) is 0.556. The number of carbonyl (C=O) groups excluding carboxylic acids is 2. The van der Waals surface area contributed by atoms with Crippen LogP contribution in [0, 0.1) is 0 Å². The van der Waals surface area contributed by atoms with Crippen LogP contribution in [0.5, 0.6) is 5.75 Å². The van der Waals surface area contributed by atoms with Gasteiger partial charge in [-0.25, -0.2) is 0 Å². The summed E-state index contributed by atoms with van der Waals surface area (Å²) in [5, 5.41) is 2.90. The second-order valence-corrected chi connectivity index (χ2v) is 5.63. The standard InChI is InChI=1S/C18H28N2O3/c1-5-14(2)20(15(3)21)13-11-18(22)19-12-10-16-8-6-7-9-17(16)23-4/h6-9,14H,5,10-13H2,1-4H3,(H,19,22). The molecule has 1 N–H and O–H groups in total. The highest BCUT2D eigenvalue weighted by Gasteiger charge is 2.16. The van der Waals surface area contributed by atoms with Crippen LogP contribution >= 0.6 is 0 Å². The third-order valence-corrected chi connectivity index (χ3v) is 4.02. The lowest BCUT2D eigenvalue weighted by atomic mass is 10.1. The molecule has 0 radical (unpaired) electrons. The van der Waals surface area contributed by atoms with E-state index < -0.39 is 0 Å². The molecule has 1 atom stereocenters. The van der Waals surface area contributed by atoms with Crippen LogP contribution in [-0.2, 0) is 16.0 Å². The number of ether oxygens (including phenoxy) is 1. The smallest absolute Gasteiger partial charge is 0.221 e. The molecule has 1 rings (SSSR count). The van der Waals surface area contributed by atoms with E-state index in [0.29, 0.717) is 19.5 Å². The molecule has 128 valence electrons. The molecule has 0 heterocycles. The number of para-hydroxylation sites is 1.